The molecule has 114 valence electrons. The fourth-order valence-corrected chi connectivity index (χ4v) is 2.06. The smallest absolute Gasteiger partial charge is 0.0699 e. The molecule has 1 heterocycles. The molecule has 0 aliphatic rings. The molecule has 1 aromatic rings. The van der Waals surface area contributed by atoms with E-state index in [1.54, 1.807) is 0 Å². The van der Waals surface area contributed by atoms with Gasteiger partial charge in [-0.3, -0.25) is 4.98 Å². The number of hydrogen-bond donors (Lipinski definition) is 1. The first kappa shape index (κ1) is 17.1. The molecule has 20 heavy (non-hydrogen) atoms. The van der Waals surface area contributed by atoms with Crippen molar-refractivity contribution >= 4 is 0 Å². The highest BCUT2D eigenvalue weighted by Crippen LogP contribution is 2.07. The van der Waals surface area contributed by atoms with E-state index >= 15 is 0 Å². The van der Waals surface area contributed by atoms with Crippen molar-refractivity contribution in [3.63, 3.8) is 0 Å². The van der Waals surface area contributed by atoms with Gasteiger partial charge in [-0.1, -0.05) is 13.3 Å². The van der Waals surface area contributed by atoms with E-state index in [2.05, 4.69) is 50.1 Å². The van der Waals surface area contributed by atoms with Gasteiger partial charge in [0, 0.05) is 31.1 Å². The Morgan fingerprint density at radius 2 is 1.95 bits per heavy atom. The molecular formula is C17H30N2O. The van der Waals surface area contributed by atoms with Crippen LogP contribution in [0.25, 0.3) is 0 Å². The largest absolute Gasteiger partial charge is 0.377 e. The Morgan fingerprint density at radius 3 is 2.55 bits per heavy atom. The minimum absolute atomic E-state index is 0.159. The first-order chi connectivity index (χ1) is 9.51. The van der Waals surface area contributed by atoms with Crippen molar-refractivity contribution in [1.82, 2.24) is 10.3 Å². The van der Waals surface area contributed by atoms with Gasteiger partial charge < -0.3 is 10.1 Å². The lowest BCUT2D eigenvalue weighted by Gasteiger charge is -2.25. The molecule has 1 unspecified atom stereocenters. The minimum atomic E-state index is 0.159. The molecule has 3 heteroatoms. The third kappa shape index (κ3) is 8.28. The maximum Gasteiger partial charge on any atom is 0.0699 e. The first-order valence-corrected chi connectivity index (χ1v) is 7.77. The number of rotatable bonds is 9. The van der Waals surface area contributed by atoms with Gasteiger partial charge in [-0.05, 0) is 57.7 Å². The summed E-state index contributed by atoms with van der Waals surface area (Å²) in [5.41, 5.74) is 1.50. The molecule has 3 nitrogen and oxygen atoms in total. The number of aryl methyl sites for hydroxylation is 1. The molecule has 1 rings (SSSR count). The van der Waals surface area contributed by atoms with Gasteiger partial charge >= 0.3 is 0 Å². The van der Waals surface area contributed by atoms with Gasteiger partial charge in [0.1, 0.15) is 0 Å². The van der Waals surface area contributed by atoms with Crippen LogP contribution in [0.5, 0.6) is 0 Å². The molecule has 0 aliphatic carbocycles. The summed E-state index contributed by atoms with van der Waals surface area (Å²) in [5, 5.41) is 3.53. The fraction of sp³-hybridized carbons (Fsp3) is 0.706. The normalized spacial score (nSPS) is 13.4. The lowest BCUT2D eigenvalue weighted by atomic mass is 10.1. The number of nitrogens with zero attached hydrogens (tertiary/aromatic N) is 1. The van der Waals surface area contributed by atoms with Crippen LogP contribution in [0.15, 0.2) is 24.5 Å². The predicted molar refractivity (Wildman–Crippen MR) is 85.0 cm³/mol. The monoisotopic (exact) mass is 278 g/mol. The maximum absolute atomic E-state index is 6.02. The highest BCUT2D eigenvalue weighted by Gasteiger charge is 2.13. The third-order valence-corrected chi connectivity index (χ3v) is 3.18. The summed E-state index contributed by atoms with van der Waals surface area (Å²) in [7, 11) is 0. The molecule has 0 saturated carbocycles. The number of pyridine rings is 1. The van der Waals surface area contributed by atoms with Crippen molar-refractivity contribution in [3.05, 3.63) is 30.1 Å². The van der Waals surface area contributed by atoms with Gasteiger partial charge in [-0.15, -0.1) is 0 Å². The minimum Gasteiger partial charge on any atom is -0.377 e. The quantitative estimate of drug-likeness (QED) is 0.701. The molecular weight excluding hydrogens is 248 g/mol. The number of ether oxygens (including phenoxy) is 1. The average Bonchev–Trinajstić information content (AvgIpc) is 2.41. The Hall–Kier alpha value is -0.930. The van der Waals surface area contributed by atoms with Crippen molar-refractivity contribution in [3.8, 4) is 0 Å². The first-order valence-electron chi connectivity index (χ1n) is 7.77. The molecule has 0 bridgehead atoms. The van der Waals surface area contributed by atoms with Gasteiger partial charge in [-0.25, -0.2) is 0 Å². The van der Waals surface area contributed by atoms with E-state index in [1.165, 1.54) is 12.0 Å². The topological polar surface area (TPSA) is 34.1 Å². The lowest BCUT2D eigenvalue weighted by molar-refractivity contribution is 0.0416. The van der Waals surface area contributed by atoms with Gasteiger partial charge in [-0.2, -0.15) is 0 Å². The van der Waals surface area contributed by atoms with Gasteiger partial charge in [0.15, 0.2) is 0 Å². The van der Waals surface area contributed by atoms with E-state index in [0.29, 0.717) is 6.10 Å². The molecule has 1 N–H and O–H groups in total. The van der Waals surface area contributed by atoms with Crippen LogP contribution in [0.2, 0.25) is 0 Å². The van der Waals surface area contributed by atoms with E-state index < -0.39 is 0 Å². The molecule has 0 saturated heterocycles. The van der Waals surface area contributed by atoms with Crippen LogP contribution < -0.4 is 5.32 Å². The zero-order chi connectivity index (χ0) is 14.8. The molecule has 0 amide bonds. The molecule has 0 aliphatic heterocycles. The summed E-state index contributed by atoms with van der Waals surface area (Å²) < 4.78 is 6.02. The Bertz CT molecular complexity index is 346. The van der Waals surface area contributed by atoms with Crippen molar-refractivity contribution in [2.45, 2.75) is 65.0 Å². The van der Waals surface area contributed by atoms with E-state index in [4.69, 9.17) is 4.74 Å². The van der Waals surface area contributed by atoms with Crippen LogP contribution in [0.3, 0.4) is 0 Å². The SMILES string of the molecule is CCCC(CNC(C)(C)C)OCCCc1ccncc1. The highest BCUT2D eigenvalue weighted by atomic mass is 16.5. The van der Waals surface area contributed by atoms with E-state index in [1.807, 2.05) is 12.4 Å². The molecule has 1 aromatic heterocycles. The van der Waals surface area contributed by atoms with Crippen LogP contribution in [0.4, 0.5) is 0 Å². The zero-order valence-electron chi connectivity index (χ0n) is 13.5. The van der Waals surface area contributed by atoms with Crippen molar-refractivity contribution in [1.29, 1.82) is 0 Å². The average molecular weight is 278 g/mol. The zero-order valence-corrected chi connectivity index (χ0v) is 13.5. The molecule has 0 aromatic carbocycles. The summed E-state index contributed by atoms with van der Waals surface area (Å²) in [5.74, 6) is 0. The number of hydrogen-bond acceptors (Lipinski definition) is 3. The summed E-state index contributed by atoms with van der Waals surface area (Å²) in [6, 6.07) is 4.15. The van der Waals surface area contributed by atoms with E-state index in [9.17, 15) is 0 Å². The van der Waals surface area contributed by atoms with Crippen LogP contribution in [0.1, 0.15) is 52.5 Å². The van der Waals surface area contributed by atoms with Crippen molar-refractivity contribution in [2.75, 3.05) is 13.2 Å². The van der Waals surface area contributed by atoms with E-state index in [-0.39, 0.29) is 5.54 Å². The number of nitrogens with one attached hydrogen (secondary N) is 1. The molecule has 1 atom stereocenters. The van der Waals surface area contributed by atoms with Gasteiger partial charge in [0.25, 0.3) is 0 Å². The van der Waals surface area contributed by atoms with Crippen LogP contribution in [0, 0.1) is 0 Å². The highest BCUT2D eigenvalue weighted by molar-refractivity contribution is 5.09. The van der Waals surface area contributed by atoms with Gasteiger partial charge in [0.2, 0.25) is 0 Å². The lowest BCUT2D eigenvalue weighted by Crippen LogP contribution is -2.41. The maximum atomic E-state index is 6.02. The molecule has 0 fully saturated rings. The molecule has 0 radical (unpaired) electrons. The van der Waals surface area contributed by atoms with Crippen LogP contribution in [-0.2, 0) is 11.2 Å². The summed E-state index contributed by atoms with van der Waals surface area (Å²) >= 11 is 0. The third-order valence-electron chi connectivity index (χ3n) is 3.18. The fourth-order valence-electron chi connectivity index (χ4n) is 2.06. The summed E-state index contributed by atoms with van der Waals surface area (Å²) in [6.45, 7) is 10.6. The Morgan fingerprint density at radius 1 is 1.25 bits per heavy atom. The summed E-state index contributed by atoms with van der Waals surface area (Å²) in [4.78, 5) is 4.03. The standard InChI is InChI=1S/C17H30N2O/c1-5-7-16(14-19-17(2,3)4)20-13-6-8-15-9-11-18-12-10-15/h9-12,16,19H,5-8,13-14H2,1-4H3. The number of aromatic nitrogens is 1. The molecule has 0 spiro atoms. The second-order valence-corrected chi connectivity index (χ2v) is 6.37. The Kier molecular flexibility index (Phi) is 7.78. The Labute approximate surface area is 124 Å². The second kappa shape index (κ2) is 9.09. The van der Waals surface area contributed by atoms with E-state index in [0.717, 1.165) is 32.4 Å². The van der Waals surface area contributed by atoms with Gasteiger partial charge in [0.05, 0.1) is 6.10 Å². The Balaban J connectivity index is 2.21. The van der Waals surface area contributed by atoms with Crippen molar-refractivity contribution in [2.24, 2.45) is 0 Å². The second-order valence-electron chi connectivity index (χ2n) is 6.37. The summed E-state index contributed by atoms with van der Waals surface area (Å²) in [6.07, 6.45) is 8.45. The predicted octanol–water partition coefficient (Wildman–Crippen LogP) is 3.59. The van der Waals surface area contributed by atoms with Crippen LogP contribution >= 0.6 is 0 Å². The van der Waals surface area contributed by atoms with Crippen molar-refractivity contribution < 1.29 is 4.74 Å². The van der Waals surface area contributed by atoms with Crippen LogP contribution in [-0.4, -0.2) is 29.8 Å².